The van der Waals surface area contributed by atoms with Crippen LogP contribution in [0.4, 0.5) is 0 Å². The topological polar surface area (TPSA) is 24.1 Å². The van der Waals surface area contributed by atoms with Gasteiger partial charge in [0.2, 0.25) is 0 Å². The molecule has 1 saturated carbocycles. The molecule has 0 spiro atoms. The van der Waals surface area contributed by atoms with E-state index in [0.29, 0.717) is 0 Å². The van der Waals surface area contributed by atoms with E-state index in [0.717, 1.165) is 17.0 Å². The minimum Gasteiger partial charge on any atom is -0.359 e. The number of rotatable bonds is 6. The number of hydrogen-bond donors (Lipinski definition) is 2. The summed E-state index contributed by atoms with van der Waals surface area (Å²) in [6, 6.07) is 0. The molecule has 1 fully saturated rings. The Bertz CT molecular complexity index is 347. The lowest BCUT2D eigenvalue weighted by Crippen LogP contribution is -2.62. The van der Waals surface area contributed by atoms with Crippen LogP contribution in [0.2, 0.25) is 76.6 Å². The molecule has 0 heterocycles. The quantitative estimate of drug-likeness (QED) is 0.607. The Kier molecular flexibility index (Phi) is 6.24. The van der Waals surface area contributed by atoms with Crippen molar-refractivity contribution in [1.29, 1.82) is 0 Å². The molecule has 2 unspecified atom stereocenters. The molecule has 0 aromatic carbocycles. The maximum absolute atomic E-state index is 4.17. The first-order valence-corrected chi connectivity index (χ1v) is 22.3. The van der Waals surface area contributed by atoms with Crippen LogP contribution < -0.4 is 9.30 Å². The van der Waals surface area contributed by atoms with Gasteiger partial charge in [0.15, 0.2) is 0 Å². The van der Waals surface area contributed by atoms with Gasteiger partial charge in [-0.2, -0.15) is 0 Å². The van der Waals surface area contributed by atoms with Crippen LogP contribution in [0.25, 0.3) is 0 Å². The molecule has 1 rings (SSSR count). The third-order valence-corrected chi connectivity index (χ3v) is 21.8. The summed E-state index contributed by atoms with van der Waals surface area (Å²) in [6.45, 7) is 27.7. The number of nitrogens with one attached hydrogen (secondary N) is 2. The van der Waals surface area contributed by atoms with Gasteiger partial charge in [-0.3, -0.25) is 0 Å². The predicted molar refractivity (Wildman–Crippen MR) is 114 cm³/mol. The molecule has 22 heavy (non-hydrogen) atoms. The van der Waals surface area contributed by atoms with E-state index in [1.807, 2.05) is 0 Å². The third-order valence-electron chi connectivity index (χ3n) is 5.31. The zero-order valence-electron chi connectivity index (χ0n) is 17.1. The Labute approximate surface area is 144 Å². The molecule has 0 aromatic heterocycles. The Morgan fingerprint density at radius 3 is 1.09 bits per heavy atom. The van der Waals surface area contributed by atoms with E-state index in [2.05, 4.69) is 81.7 Å². The normalized spacial score (nSPS) is 28.2. The highest BCUT2D eigenvalue weighted by Crippen LogP contribution is 2.52. The van der Waals surface area contributed by atoms with Crippen LogP contribution >= 0.6 is 0 Å². The van der Waals surface area contributed by atoms with Gasteiger partial charge in [-0.05, 0) is 17.0 Å². The fraction of sp³-hybridized carbons (Fsp3) is 1.00. The summed E-state index contributed by atoms with van der Waals surface area (Å²) in [6.07, 6.45) is 2.93. The van der Waals surface area contributed by atoms with E-state index in [4.69, 9.17) is 0 Å². The second kappa shape index (κ2) is 6.59. The molecule has 0 saturated heterocycles. The Morgan fingerprint density at radius 1 is 0.591 bits per heavy atom. The van der Waals surface area contributed by atoms with E-state index < -0.39 is 32.9 Å². The summed E-state index contributed by atoms with van der Waals surface area (Å²) in [4.78, 5) is 0. The fourth-order valence-corrected chi connectivity index (χ4v) is 27.3. The van der Waals surface area contributed by atoms with Crippen molar-refractivity contribution in [2.75, 3.05) is 0 Å². The zero-order valence-corrected chi connectivity index (χ0v) is 21.1. The van der Waals surface area contributed by atoms with E-state index in [-0.39, 0.29) is 0 Å². The molecule has 132 valence electrons. The SMILES string of the molecule is CC1C([Si](C)(C)N[Si](C)(C)C)CCC1[Si](C)(C)N[Si](C)(C)C. The highest BCUT2D eigenvalue weighted by molar-refractivity contribution is 6.92. The molecule has 0 radical (unpaired) electrons. The lowest BCUT2D eigenvalue weighted by Gasteiger charge is -2.43. The van der Waals surface area contributed by atoms with Crippen molar-refractivity contribution < 1.29 is 0 Å². The summed E-state index contributed by atoms with van der Waals surface area (Å²) in [5.74, 6) is 0.899. The van der Waals surface area contributed by atoms with Crippen molar-refractivity contribution >= 4 is 32.9 Å². The molecule has 1 aliphatic carbocycles. The molecule has 0 aliphatic heterocycles. The van der Waals surface area contributed by atoms with Crippen LogP contribution in [0.1, 0.15) is 19.8 Å². The van der Waals surface area contributed by atoms with E-state index in [9.17, 15) is 0 Å². The predicted octanol–water partition coefficient (Wildman–Crippen LogP) is 5.42. The molecule has 0 bridgehead atoms. The zero-order chi connectivity index (χ0) is 17.6. The Balaban J connectivity index is 2.87. The largest absolute Gasteiger partial charge is 0.359 e. The molecule has 2 atom stereocenters. The summed E-state index contributed by atoms with van der Waals surface area (Å²) in [7, 11) is -5.02. The van der Waals surface area contributed by atoms with Gasteiger partial charge in [0.1, 0.15) is 32.9 Å². The van der Waals surface area contributed by atoms with Gasteiger partial charge in [0.05, 0.1) is 0 Å². The van der Waals surface area contributed by atoms with Crippen LogP contribution in [0.3, 0.4) is 0 Å². The van der Waals surface area contributed by atoms with Crippen molar-refractivity contribution in [1.82, 2.24) is 9.30 Å². The van der Waals surface area contributed by atoms with Crippen molar-refractivity contribution in [3.05, 3.63) is 0 Å². The smallest absolute Gasteiger partial charge is 0.116 e. The minimum absolute atomic E-state index is 0.899. The Morgan fingerprint density at radius 2 is 0.864 bits per heavy atom. The summed E-state index contributed by atoms with van der Waals surface area (Å²) >= 11 is 0. The van der Waals surface area contributed by atoms with Crippen molar-refractivity contribution in [3.63, 3.8) is 0 Å². The first kappa shape index (κ1) is 20.8. The number of hydrogen-bond acceptors (Lipinski definition) is 2. The fourth-order valence-electron chi connectivity index (χ4n) is 5.32. The van der Waals surface area contributed by atoms with Gasteiger partial charge in [-0.1, -0.05) is 85.2 Å². The van der Waals surface area contributed by atoms with Crippen LogP contribution in [0.15, 0.2) is 0 Å². The maximum atomic E-state index is 4.17. The van der Waals surface area contributed by atoms with Gasteiger partial charge in [-0.15, -0.1) is 0 Å². The van der Waals surface area contributed by atoms with Crippen LogP contribution in [-0.4, -0.2) is 32.9 Å². The highest BCUT2D eigenvalue weighted by Gasteiger charge is 2.50. The van der Waals surface area contributed by atoms with E-state index in [1.54, 1.807) is 0 Å². The molecule has 2 N–H and O–H groups in total. The first-order valence-electron chi connectivity index (χ1n) is 9.14. The molecule has 6 heteroatoms. The van der Waals surface area contributed by atoms with Crippen molar-refractivity contribution in [2.45, 2.75) is 96.3 Å². The molecule has 1 aliphatic rings. The van der Waals surface area contributed by atoms with Gasteiger partial charge < -0.3 is 9.30 Å². The standard InChI is InChI=1S/C16H42N2Si4/c1-14-15(21(8,9)17-19(2,3)4)12-13-16(14)22(10,11)18-20(5,6)7/h14-18H,12-13H2,1-11H3. The van der Waals surface area contributed by atoms with E-state index in [1.165, 1.54) is 12.8 Å². The minimum atomic E-state index is -1.33. The molecule has 0 aromatic rings. The van der Waals surface area contributed by atoms with Crippen molar-refractivity contribution in [3.8, 4) is 0 Å². The molecule has 2 nitrogen and oxygen atoms in total. The lowest BCUT2D eigenvalue weighted by atomic mass is 10.1. The second-order valence-electron chi connectivity index (χ2n) is 10.8. The molecular formula is C16H42N2Si4. The van der Waals surface area contributed by atoms with Gasteiger partial charge in [0.25, 0.3) is 0 Å². The third kappa shape index (κ3) is 5.70. The second-order valence-corrected chi connectivity index (χ2v) is 30.2. The average Bonchev–Trinajstić information content (AvgIpc) is 2.52. The van der Waals surface area contributed by atoms with Crippen LogP contribution in [0, 0.1) is 5.92 Å². The Hall–Kier alpha value is 0.788. The maximum Gasteiger partial charge on any atom is 0.116 e. The van der Waals surface area contributed by atoms with Crippen LogP contribution in [0.5, 0.6) is 0 Å². The van der Waals surface area contributed by atoms with Crippen LogP contribution in [-0.2, 0) is 0 Å². The first-order chi connectivity index (χ1) is 9.55. The molecular weight excluding hydrogens is 333 g/mol. The average molecular weight is 375 g/mol. The van der Waals surface area contributed by atoms with Crippen molar-refractivity contribution in [2.24, 2.45) is 5.92 Å². The highest BCUT2D eigenvalue weighted by atomic mass is 28.4. The summed E-state index contributed by atoms with van der Waals surface area (Å²) in [5.41, 5.74) is 1.92. The van der Waals surface area contributed by atoms with E-state index >= 15 is 0 Å². The van der Waals surface area contributed by atoms with Gasteiger partial charge >= 0.3 is 0 Å². The lowest BCUT2D eigenvalue weighted by molar-refractivity contribution is 0.575. The molecule has 0 amide bonds. The monoisotopic (exact) mass is 374 g/mol. The summed E-state index contributed by atoms with van der Waals surface area (Å²) < 4.78 is 8.34. The van der Waals surface area contributed by atoms with Gasteiger partial charge in [0, 0.05) is 0 Å². The summed E-state index contributed by atoms with van der Waals surface area (Å²) in [5, 5.41) is 0. The van der Waals surface area contributed by atoms with Gasteiger partial charge in [-0.25, -0.2) is 0 Å².